The number of nitrogens with zero attached hydrogens (tertiary/aromatic N) is 1. The van der Waals surface area contributed by atoms with Crippen molar-refractivity contribution in [3.8, 4) is 0 Å². The fourth-order valence-corrected chi connectivity index (χ4v) is 3.79. The molecule has 0 radical (unpaired) electrons. The van der Waals surface area contributed by atoms with Gasteiger partial charge >= 0.3 is 0 Å². The van der Waals surface area contributed by atoms with Crippen molar-refractivity contribution in [1.29, 1.82) is 0 Å². The number of ether oxygens (including phenoxy) is 1. The minimum absolute atomic E-state index is 0.219. The number of rotatable bonds is 6. The first-order valence-electron chi connectivity index (χ1n) is 8.77. The van der Waals surface area contributed by atoms with E-state index in [1.54, 1.807) is 0 Å². The molecule has 0 atom stereocenters. The number of fused-ring (bicyclic) bond motifs is 1. The molecule has 0 spiro atoms. The van der Waals surface area contributed by atoms with Gasteiger partial charge in [0, 0.05) is 28.0 Å². The Labute approximate surface area is 161 Å². The Bertz CT molecular complexity index is 965. The molecule has 6 heteroatoms. The quantitative estimate of drug-likeness (QED) is 0.331. The van der Waals surface area contributed by atoms with Gasteiger partial charge in [0.05, 0.1) is 32.4 Å². The van der Waals surface area contributed by atoms with E-state index in [1.165, 1.54) is 42.6 Å². The van der Waals surface area contributed by atoms with Crippen LogP contribution in [0, 0.1) is 5.82 Å². The lowest BCUT2D eigenvalue weighted by Crippen LogP contribution is -2.09. The highest BCUT2D eigenvalue weighted by atomic mass is 32.2. The lowest BCUT2D eigenvalue weighted by molar-refractivity contribution is -0.160. The van der Waals surface area contributed by atoms with E-state index in [9.17, 15) is 4.39 Å². The van der Waals surface area contributed by atoms with E-state index in [-0.39, 0.29) is 5.82 Å². The minimum Gasteiger partial charge on any atom is -0.377 e. The molecule has 140 valence electrons. The molecule has 0 bridgehead atoms. The first-order valence-corrected chi connectivity index (χ1v) is 9.51. The summed E-state index contributed by atoms with van der Waals surface area (Å²) in [5.41, 5.74) is 4.64. The SMILES string of the molecule is COOSc1ccc2c(c1)cc(C1=CCOCC1)n2Cc1ccc(F)cc1. The van der Waals surface area contributed by atoms with Crippen molar-refractivity contribution >= 4 is 28.5 Å². The summed E-state index contributed by atoms with van der Waals surface area (Å²) in [6, 6.07) is 15.1. The molecule has 1 aromatic heterocycles. The summed E-state index contributed by atoms with van der Waals surface area (Å²) in [6.45, 7) is 2.04. The van der Waals surface area contributed by atoms with Crippen LogP contribution in [0.15, 0.2) is 59.5 Å². The molecule has 3 aromatic rings. The van der Waals surface area contributed by atoms with Crippen LogP contribution in [0.3, 0.4) is 0 Å². The topological polar surface area (TPSA) is 32.6 Å². The first-order chi connectivity index (χ1) is 13.2. The summed E-state index contributed by atoms with van der Waals surface area (Å²) in [6.07, 6.45) is 3.02. The largest absolute Gasteiger partial charge is 0.377 e. The van der Waals surface area contributed by atoms with Crippen molar-refractivity contribution in [1.82, 2.24) is 4.57 Å². The average Bonchev–Trinajstić information content (AvgIpc) is 3.06. The molecule has 1 aliphatic rings. The Kier molecular flexibility index (Phi) is 5.59. The Hall–Kier alpha value is -2.12. The van der Waals surface area contributed by atoms with Crippen LogP contribution in [0.5, 0.6) is 0 Å². The zero-order valence-electron chi connectivity index (χ0n) is 15.0. The lowest BCUT2D eigenvalue weighted by atomic mass is 10.1. The second-order valence-electron chi connectivity index (χ2n) is 6.34. The van der Waals surface area contributed by atoms with Crippen LogP contribution in [0.1, 0.15) is 17.7 Å². The van der Waals surface area contributed by atoms with Gasteiger partial charge in [-0.15, -0.1) is 0 Å². The summed E-state index contributed by atoms with van der Waals surface area (Å²) in [5.74, 6) is -0.219. The summed E-state index contributed by atoms with van der Waals surface area (Å²) in [5, 5.41) is 1.13. The number of benzene rings is 2. The molecule has 0 aliphatic carbocycles. The van der Waals surface area contributed by atoms with Crippen molar-refractivity contribution in [2.75, 3.05) is 20.3 Å². The smallest absolute Gasteiger partial charge is 0.123 e. The van der Waals surface area contributed by atoms with Crippen LogP contribution in [0.2, 0.25) is 0 Å². The molecule has 4 nitrogen and oxygen atoms in total. The maximum atomic E-state index is 13.3. The highest BCUT2D eigenvalue weighted by molar-refractivity contribution is 7.94. The van der Waals surface area contributed by atoms with Gasteiger partial charge in [0.15, 0.2) is 0 Å². The van der Waals surface area contributed by atoms with E-state index in [4.69, 9.17) is 9.07 Å². The Morgan fingerprint density at radius 2 is 2.00 bits per heavy atom. The fourth-order valence-electron chi connectivity index (χ4n) is 3.34. The standard InChI is InChI=1S/C21H20FNO3S/c1-24-26-27-19-6-7-20-17(12-19)13-21(16-8-10-25-11-9-16)23(20)14-15-2-4-18(22)5-3-15/h2-8,12-13H,9-11,14H2,1H3. The van der Waals surface area contributed by atoms with Gasteiger partial charge in [-0.1, -0.05) is 18.2 Å². The van der Waals surface area contributed by atoms with Gasteiger partial charge in [-0.2, -0.15) is 4.33 Å². The van der Waals surface area contributed by atoms with E-state index in [2.05, 4.69) is 33.7 Å². The van der Waals surface area contributed by atoms with Gasteiger partial charge in [-0.3, -0.25) is 0 Å². The van der Waals surface area contributed by atoms with Crippen LogP contribution in [0.25, 0.3) is 16.5 Å². The third-order valence-electron chi connectivity index (χ3n) is 4.62. The van der Waals surface area contributed by atoms with Crippen molar-refractivity contribution in [3.63, 3.8) is 0 Å². The highest BCUT2D eigenvalue weighted by Crippen LogP contribution is 2.32. The van der Waals surface area contributed by atoms with Crippen molar-refractivity contribution in [2.24, 2.45) is 0 Å². The summed E-state index contributed by atoms with van der Waals surface area (Å²) in [4.78, 5) is 5.64. The number of hydrogen-bond donors (Lipinski definition) is 0. The maximum Gasteiger partial charge on any atom is 0.123 e. The second kappa shape index (κ2) is 8.27. The first kappa shape index (κ1) is 18.3. The zero-order chi connectivity index (χ0) is 18.6. The lowest BCUT2D eigenvalue weighted by Gasteiger charge is -2.17. The molecule has 0 saturated heterocycles. The summed E-state index contributed by atoms with van der Waals surface area (Å²) < 4.78 is 26.0. The highest BCUT2D eigenvalue weighted by Gasteiger charge is 2.16. The predicted octanol–water partition coefficient (Wildman–Crippen LogP) is 5.22. The number of halogens is 1. The minimum atomic E-state index is -0.219. The molecule has 4 rings (SSSR count). The normalized spacial score (nSPS) is 14.5. The van der Waals surface area contributed by atoms with Crippen molar-refractivity contribution in [2.45, 2.75) is 17.9 Å². The molecular formula is C21H20FNO3S. The van der Waals surface area contributed by atoms with Crippen LogP contribution in [-0.4, -0.2) is 24.9 Å². The summed E-state index contributed by atoms with van der Waals surface area (Å²) >= 11 is 1.18. The Morgan fingerprint density at radius 3 is 2.74 bits per heavy atom. The van der Waals surface area contributed by atoms with E-state index in [1.807, 2.05) is 18.2 Å². The molecule has 1 aliphatic heterocycles. The molecule has 2 aromatic carbocycles. The van der Waals surface area contributed by atoms with Crippen LogP contribution < -0.4 is 0 Å². The van der Waals surface area contributed by atoms with Gasteiger partial charge < -0.3 is 9.30 Å². The Morgan fingerprint density at radius 1 is 1.15 bits per heavy atom. The van der Waals surface area contributed by atoms with Gasteiger partial charge in [0.1, 0.15) is 5.82 Å². The van der Waals surface area contributed by atoms with Gasteiger partial charge in [-0.05, 0) is 54.0 Å². The van der Waals surface area contributed by atoms with Crippen LogP contribution in [-0.2, 0) is 20.5 Å². The Balaban J connectivity index is 1.77. The number of aromatic nitrogens is 1. The summed E-state index contributed by atoms with van der Waals surface area (Å²) in [7, 11) is 1.49. The molecular weight excluding hydrogens is 365 g/mol. The maximum absolute atomic E-state index is 13.3. The monoisotopic (exact) mass is 385 g/mol. The van der Waals surface area contributed by atoms with Gasteiger partial charge in [-0.25, -0.2) is 9.28 Å². The second-order valence-corrected chi connectivity index (χ2v) is 7.11. The van der Waals surface area contributed by atoms with Gasteiger partial charge in [0.25, 0.3) is 0 Å². The molecule has 27 heavy (non-hydrogen) atoms. The van der Waals surface area contributed by atoms with Crippen LogP contribution >= 0.6 is 12.0 Å². The third-order valence-corrected chi connectivity index (χ3v) is 5.27. The van der Waals surface area contributed by atoms with Crippen molar-refractivity contribution in [3.05, 3.63) is 71.7 Å². The molecule has 0 saturated carbocycles. The average molecular weight is 385 g/mol. The van der Waals surface area contributed by atoms with E-state index < -0.39 is 0 Å². The van der Waals surface area contributed by atoms with Crippen LogP contribution in [0.4, 0.5) is 4.39 Å². The van der Waals surface area contributed by atoms with E-state index in [0.717, 1.165) is 34.4 Å². The molecule has 0 fully saturated rings. The van der Waals surface area contributed by atoms with E-state index in [0.29, 0.717) is 13.2 Å². The van der Waals surface area contributed by atoms with Crippen molar-refractivity contribution < 1.29 is 18.3 Å². The fraction of sp³-hybridized carbons (Fsp3) is 0.238. The predicted molar refractivity (Wildman–Crippen MR) is 105 cm³/mol. The molecule has 2 heterocycles. The van der Waals surface area contributed by atoms with Gasteiger partial charge in [0.2, 0.25) is 0 Å². The molecule has 0 amide bonds. The molecule has 0 unspecified atom stereocenters. The molecule has 0 N–H and O–H groups in total. The third kappa shape index (κ3) is 4.09. The van der Waals surface area contributed by atoms with E-state index >= 15 is 0 Å². The number of hydrogen-bond acceptors (Lipinski definition) is 4. The zero-order valence-corrected chi connectivity index (χ0v) is 15.8.